The van der Waals surface area contributed by atoms with Crippen LogP contribution in [0, 0.1) is 13.8 Å². The molecule has 6 nitrogen and oxygen atoms in total. The van der Waals surface area contributed by atoms with Crippen LogP contribution in [0.1, 0.15) is 11.1 Å². The summed E-state index contributed by atoms with van der Waals surface area (Å²) in [4.78, 5) is 21.6. The van der Waals surface area contributed by atoms with Gasteiger partial charge in [-0.2, -0.15) is 0 Å². The molecule has 6 heteroatoms. The van der Waals surface area contributed by atoms with E-state index in [4.69, 9.17) is 28.8 Å². The van der Waals surface area contributed by atoms with Crippen LogP contribution in [0.3, 0.4) is 0 Å². The lowest BCUT2D eigenvalue weighted by Gasteiger charge is -2.15. The molecule has 446 valence electrons. The molecule has 0 saturated heterocycles. The highest BCUT2D eigenvalue weighted by Gasteiger charge is 2.25. The van der Waals surface area contributed by atoms with E-state index in [1.807, 2.05) is 12.4 Å². The number of hydrogen-bond donors (Lipinski definition) is 0. The number of benzene rings is 16. The Kier molecular flexibility index (Phi) is 11.8. The van der Waals surface area contributed by atoms with Crippen molar-refractivity contribution in [1.82, 2.24) is 19.9 Å². The molecule has 0 N–H and O–H groups in total. The molecule has 0 fully saturated rings. The molecule has 0 spiro atoms. The van der Waals surface area contributed by atoms with Gasteiger partial charge in [0.15, 0.2) is 0 Å². The lowest BCUT2D eigenvalue weighted by atomic mass is 9.89. The average molecular weight is 1220 g/mol. The highest BCUT2D eigenvalue weighted by molar-refractivity contribution is 6.29. The molecule has 0 aliphatic carbocycles. The third-order valence-corrected chi connectivity index (χ3v) is 20.0. The van der Waals surface area contributed by atoms with Crippen LogP contribution in [0.5, 0.6) is 0 Å². The summed E-state index contributed by atoms with van der Waals surface area (Å²) in [6, 6.07) is 100. The van der Waals surface area contributed by atoms with Crippen LogP contribution in [0.25, 0.3) is 209 Å². The van der Waals surface area contributed by atoms with Gasteiger partial charge < -0.3 is 8.83 Å². The molecule has 16 aromatic carbocycles. The van der Waals surface area contributed by atoms with Gasteiger partial charge >= 0.3 is 0 Å². The molecule has 0 atom stereocenters. The Balaban J connectivity index is 0.711. The van der Waals surface area contributed by atoms with Gasteiger partial charge in [-0.3, -0.25) is 9.97 Å². The Labute approximate surface area is 550 Å². The Morgan fingerprint density at radius 3 is 1.48 bits per heavy atom. The van der Waals surface area contributed by atoms with E-state index in [0.717, 1.165) is 198 Å². The summed E-state index contributed by atoms with van der Waals surface area (Å²) in [7, 11) is 0. The van der Waals surface area contributed by atoms with E-state index < -0.39 is 0 Å². The van der Waals surface area contributed by atoms with Gasteiger partial charge in [0.05, 0.1) is 45.8 Å². The minimum atomic E-state index is 0.798. The summed E-state index contributed by atoms with van der Waals surface area (Å²) in [6.07, 6.45) is 3.88. The largest absolute Gasteiger partial charge is 0.455 e. The minimum Gasteiger partial charge on any atom is -0.455 e. The Bertz CT molecular complexity index is 6710. The van der Waals surface area contributed by atoms with Crippen LogP contribution in [0.2, 0.25) is 0 Å². The van der Waals surface area contributed by atoms with Crippen molar-refractivity contribution >= 4 is 131 Å². The van der Waals surface area contributed by atoms with Gasteiger partial charge in [-0.25, -0.2) is 9.97 Å². The minimum absolute atomic E-state index is 0.798. The van der Waals surface area contributed by atoms with Crippen LogP contribution in [-0.4, -0.2) is 19.9 Å². The number of rotatable bonds is 7. The molecule has 96 heavy (non-hydrogen) atoms. The highest BCUT2D eigenvalue weighted by atomic mass is 16.3. The van der Waals surface area contributed by atoms with Gasteiger partial charge in [0.2, 0.25) is 0 Å². The summed E-state index contributed by atoms with van der Waals surface area (Å²) in [5.74, 6) is 0. The number of hydrogen-bond acceptors (Lipinski definition) is 6. The second-order valence-corrected chi connectivity index (χ2v) is 25.7. The zero-order valence-electron chi connectivity index (χ0n) is 52.3. The third-order valence-electron chi connectivity index (χ3n) is 20.0. The van der Waals surface area contributed by atoms with Crippen LogP contribution in [-0.2, 0) is 0 Å². The monoisotopic (exact) mass is 1220 g/mol. The van der Waals surface area contributed by atoms with Crippen molar-refractivity contribution < 1.29 is 8.83 Å². The second kappa shape index (κ2) is 20.9. The Hall–Kier alpha value is -12.6. The van der Waals surface area contributed by atoms with Crippen LogP contribution in [0.4, 0.5) is 0 Å². The van der Waals surface area contributed by atoms with Gasteiger partial charge in [-0.1, -0.05) is 248 Å². The van der Waals surface area contributed by atoms with Gasteiger partial charge in [0, 0.05) is 70.7 Å². The number of furan rings is 2. The first-order valence-corrected chi connectivity index (χ1v) is 32.7. The summed E-state index contributed by atoms with van der Waals surface area (Å²) < 4.78 is 14.3. The van der Waals surface area contributed by atoms with Crippen LogP contribution < -0.4 is 0 Å². The van der Waals surface area contributed by atoms with Crippen molar-refractivity contribution in [2.24, 2.45) is 0 Å². The molecule has 20 aromatic rings. The lowest BCUT2D eigenvalue weighted by Crippen LogP contribution is -1.95. The van der Waals surface area contributed by atoms with E-state index in [1.54, 1.807) is 0 Å². The first kappa shape index (κ1) is 54.0. The SMILES string of the molecule is Cc1ccc2c(c1)c1cc(C)ccc1c1nc(-c3ccccc3-c3cc4cccc(-c5ccc6c(c5)oc5c(-c7ccc(-c8cnc9c%10cc(-c%11ccccc%11)ccc%10c%10ccc(-c%11ccccc%11)cc%10c9n8)cc7)cc7ccccc7c56)c4c4c3oc3ccccc34)cnc21. The fourth-order valence-electron chi connectivity index (χ4n) is 15.4. The predicted octanol–water partition coefficient (Wildman–Crippen LogP) is 24.6. The van der Waals surface area contributed by atoms with Gasteiger partial charge in [0.1, 0.15) is 22.3 Å². The van der Waals surface area contributed by atoms with Gasteiger partial charge in [0.25, 0.3) is 0 Å². The highest BCUT2D eigenvalue weighted by Crippen LogP contribution is 2.49. The van der Waals surface area contributed by atoms with E-state index in [1.165, 1.54) is 21.9 Å². The van der Waals surface area contributed by atoms with Gasteiger partial charge in [-0.05, 0) is 139 Å². The summed E-state index contributed by atoms with van der Waals surface area (Å²) in [6.45, 7) is 4.30. The molecular weight excluding hydrogens is 1170 g/mol. The predicted molar refractivity (Wildman–Crippen MR) is 400 cm³/mol. The number of nitrogens with zero attached hydrogens (tertiary/aromatic N) is 4. The van der Waals surface area contributed by atoms with Crippen molar-refractivity contribution in [3.63, 3.8) is 0 Å². The first-order valence-electron chi connectivity index (χ1n) is 32.7. The summed E-state index contributed by atoms with van der Waals surface area (Å²) >= 11 is 0. The number of para-hydroxylation sites is 1. The first-order chi connectivity index (χ1) is 47.4. The van der Waals surface area contributed by atoms with E-state index in [0.29, 0.717) is 0 Å². The van der Waals surface area contributed by atoms with Crippen LogP contribution >= 0.6 is 0 Å². The number of aromatic nitrogens is 4. The molecule has 0 saturated carbocycles. The molecule has 4 heterocycles. The van der Waals surface area contributed by atoms with E-state index in [-0.39, 0.29) is 0 Å². The maximum atomic E-state index is 7.24. The van der Waals surface area contributed by atoms with Crippen LogP contribution in [0.15, 0.2) is 300 Å². The maximum absolute atomic E-state index is 7.24. The molecule has 0 aliphatic heterocycles. The zero-order chi connectivity index (χ0) is 63.3. The quantitative estimate of drug-likeness (QED) is 0.148. The molecule has 0 amide bonds. The fourth-order valence-corrected chi connectivity index (χ4v) is 15.4. The number of aryl methyl sites for hydroxylation is 2. The molecule has 0 unspecified atom stereocenters. The standard InChI is InChI=1S/C90H54N4O2/c1-51-28-37-68-73(42-51)74-43-52(2)29-38-69(74)87-85(68)92-50-79(94-87)67-24-12-11-23-64(67)77-47-61-21-15-26-62(82(61)84-70-25-13-14-27-80(70)95-90(77)84)60-36-41-71-81(48-60)96-89-72(46-59-20-9-10-22-63(59)83(71)89)55-30-32-56(33-31-55)78-49-91-86-75-44-57(53-16-5-3-6-17-53)34-39-65(75)66-40-35-58(45-76(66)88(86)93-78)54-18-7-4-8-19-54/h3-50H,1-2H3. The van der Waals surface area contributed by atoms with Crippen molar-refractivity contribution in [3.8, 4) is 78.1 Å². The van der Waals surface area contributed by atoms with E-state index in [9.17, 15) is 0 Å². The van der Waals surface area contributed by atoms with E-state index in [2.05, 4.69) is 293 Å². The summed E-state index contributed by atoms with van der Waals surface area (Å²) in [5, 5.41) is 17.8. The molecule has 0 radical (unpaired) electrons. The summed E-state index contributed by atoms with van der Waals surface area (Å²) in [5.41, 5.74) is 23.6. The number of fused-ring (bicyclic) bond motifs is 22. The second-order valence-electron chi connectivity index (χ2n) is 25.7. The zero-order valence-corrected chi connectivity index (χ0v) is 52.3. The fraction of sp³-hybridized carbons (Fsp3) is 0.0222. The lowest BCUT2D eigenvalue weighted by molar-refractivity contribution is 0.670. The van der Waals surface area contributed by atoms with Crippen molar-refractivity contribution in [1.29, 1.82) is 0 Å². The Morgan fingerprint density at radius 1 is 0.240 bits per heavy atom. The molecular formula is C90H54N4O2. The van der Waals surface area contributed by atoms with Gasteiger partial charge in [-0.15, -0.1) is 0 Å². The van der Waals surface area contributed by atoms with Crippen molar-refractivity contribution in [2.75, 3.05) is 0 Å². The maximum Gasteiger partial charge on any atom is 0.143 e. The van der Waals surface area contributed by atoms with Crippen molar-refractivity contribution in [3.05, 3.63) is 303 Å². The Morgan fingerprint density at radius 2 is 0.740 bits per heavy atom. The van der Waals surface area contributed by atoms with Crippen molar-refractivity contribution in [2.45, 2.75) is 13.8 Å². The van der Waals surface area contributed by atoms with E-state index >= 15 is 0 Å². The molecule has 0 bridgehead atoms. The molecule has 20 rings (SSSR count). The molecule has 4 aromatic heterocycles. The third kappa shape index (κ3) is 8.32. The average Bonchev–Trinajstić information content (AvgIpc) is 0.863. The molecule has 0 aliphatic rings. The topological polar surface area (TPSA) is 77.8 Å². The smallest absolute Gasteiger partial charge is 0.143 e. The normalized spacial score (nSPS) is 12.1.